The van der Waals surface area contributed by atoms with E-state index < -0.39 is 5.97 Å². The molecule has 2 aliphatic rings. The van der Waals surface area contributed by atoms with Crippen LogP contribution >= 0.6 is 11.6 Å². The van der Waals surface area contributed by atoms with E-state index in [1.807, 2.05) is 13.0 Å². The number of hydrogen-bond acceptors (Lipinski definition) is 5. The number of aromatic hydroxyl groups is 1. The number of rotatable bonds is 4. The summed E-state index contributed by atoms with van der Waals surface area (Å²) in [6.45, 7) is 9.24. The zero-order valence-electron chi connectivity index (χ0n) is 19.3. The lowest BCUT2D eigenvalue weighted by molar-refractivity contribution is 0.0506. The van der Waals surface area contributed by atoms with Gasteiger partial charge in [-0.2, -0.15) is 0 Å². The van der Waals surface area contributed by atoms with Crippen LogP contribution in [0, 0.1) is 27.7 Å². The maximum absolute atomic E-state index is 13.0. The molecule has 2 aromatic rings. The smallest absolute Gasteiger partial charge is 0.338 e. The highest BCUT2D eigenvalue weighted by atomic mass is 35.5. The Morgan fingerprint density at radius 1 is 1.06 bits per heavy atom. The summed E-state index contributed by atoms with van der Waals surface area (Å²) in [5.74, 6) is 0.0372. The molecular formula is C27H25ClO5. The number of phenols is 1. The van der Waals surface area contributed by atoms with E-state index in [4.69, 9.17) is 20.8 Å². The quantitative estimate of drug-likeness (QED) is 0.268. The summed E-state index contributed by atoms with van der Waals surface area (Å²) in [6.07, 6.45) is 0.694. The minimum atomic E-state index is -0.474. The van der Waals surface area contributed by atoms with Gasteiger partial charge in [0.05, 0.1) is 12.2 Å². The average molecular weight is 465 g/mol. The molecule has 5 nitrogen and oxygen atoms in total. The van der Waals surface area contributed by atoms with Crippen molar-refractivity contribution in [3.63, 3.8) is 0 Å². The van der Waals surface area contributed by atoms with E-state index in [0.717, 1.165) is 0 Å². The van der Waals surface area contributed by atoms with E-state index >= 15 is 0 Å². The number of hydrogen-bond donors (Lipinski definition) is 1. The Kier molecular flexibility index (Phi) is 5.93. The Labute approximate surface area is 196 Å². The maximum atomic E-state index is 13.0. The third-order valence-corrected chi connectivity index (χ3v) is 6.30. The lowest BCUT2D eigenvalue weighted by Crippen LogP contribution is -2.13. The first-order valence-electron chi connectivity index (χ1n) is 10.8. The monoisotopic (exact) mass is 464 g/mol. The Morgan fingerprint density at radius 2 is 1.79 bits per heavy atom. The van der Waals surface area contributed by atoms with Crippen LogP contribution in [-0.4, -0.2) is 17.7 Å². The highest BCUT2D eigenvalue weighted by molar-refractivity contribution is 6.35. The number of fused-ring (bicyclic) bond motifs is 2. The largest absolute Gasteiger partial charge is 0.507 e. The standard InChI is InChI=1S/C27H25ClO5/c1-6-10-32-27(31)17-8-7-9-20(28)22(17)21-18-11-13(2)23(29)15(4)25(18)33-26-16(5)24(30)14(3)12-19(21)26/h7-9,11-12,29H,6,10H2,1-5H3. The molecule has 33 heavy (non-hydrogen) atoms. The number of carbonyl (C=O) groups is 1. The Balaban J connectivity index is 2.25. The van der Waals surface area contributed by atoms with Crippen molar-refractivity contribution >= 4 is 28.5 Å². The topological polar surface area (TPSA) is 76.7 Å². The van der Waals surface area contributed by atoms with Crippen molar-refractivity contribution in [3.8, 4) is 28.2 Å². The summed E-state index contributed by atoms with van der Waals surface area (Å²) in [5.41, 5.74) is 4.70. The second kappa shape index (κ2) is 8.56. The van der Waals surface area contributed by atoms with E-state index in [2.05, 4.69) is 0 Å². The molecule has 0 unspecified atom stereocenters. The summed E-state index contributed by atoms with van der Waals surface area (Å²) in [7, 11) is 0. The molecule has 0 saturated heterocycles. The van der Waals surface area contributed by atoms with Crippen LogP contribution in [0.4, 0.5) is 0 Å². The molecule has 0 aromatic heterocycles. The molecule has 0 fully saturated rings. The van der Waals surface area contributed by atoms with Gasteiger partial charge in [0, 0.05) is 38.2 Å². The second-order valence-electron chi connectivity index (χ2n) is 8.34. The number of phenolic OH excluding ortho intramolecular Hbond substituents is 1. The molecule has 170 valence electrons. The van der Waals surface area contributed by atoms with Crippen molar-refractivity contribution in [1.82, 2.24) is 0 Å². The molecule has 1 heterocycles. The number of carbonyl (C=O) groups excluding carboxylic acids is 1. The Morgan fingerprint density at radius 3 is 2.48 bits per heavy atom. The minimum Gasteiger partial charge on any atom is -0.507 e. The summed E-state index contributed by atoms with van der Waals surface area (Å²) in [5, 5.41) is 11.6. The van der Waals surface area contributed by atoms with Gasteiger partial charge < -0.3 is 14.3 Å². The van der Waals surface area contributed by atoms with Crippen molar-refractivity contribution < 1.29 is 19.1 Å². The molecule has 0 amide bonds. The van der Waals surface area contributed by atoms with Crippen molar-refractivity contribution in [2.75, 3.05) is 6.61 Å². The van der Waals surface area contributed by atoms with Crippen LogP contribution in [0.5, 0.6) is 5.75 Å². The van der Waals surface area contributed by atoms with Crippen LogP contribution in [-0.2, 0) is 4.74 Å². The highest BCUT2D eigenvalue weighted by Crippen LogP contribution is 2.47. The average Bonchev–Trinajstić information content (AvgIpc) is 2.79. The van der Waals surface area contributed by atoms with E-state index in [1.54, 1.807) is 52.0 Å². The molecule has 0 spiro atoms. The summed E-state index contributed by atoms with van der Waals surface area (Å²) in [6, 6.07) is 8.70. The molecule has 0 atom stereocenters. The van der Waals surface area contributed by atoms with Gasteiger partial charge in [-0.3, -0.25) is 4.79 Å². The van der Waals surface area contributed by atoms with Crippen LogP contribution in [0.3, 0.4) is 0 Å². The van der Waals surface area contributed by atoms with E-state index in [9.17, 15) is 14.7 Å². The van der Waals surface area contributed by atoms with Gasteiger partial charge >= 0.3 is 5.97 Å². The molecule has 1 N–H and O–H groups in total. The van der Waals surface area contributed by atoms with Crippen LogP contribution in [0.2, 0.25) is 5.02 Å². The molecule has 1 aliphatic heterocycles. The van der Waals surface area contributed by atoms with Gasteiger partial charge in [-0.25, -0.2) is 4.79 Å². The predicted octanol–water partition coefficient (Wildman–Crippen LogP) is 6.72. The van der Waals surface area contributed by atoms with Gasteiger partial charge in [0.15, 0.2) is 5.43 Å². The zero-order chi connectivity index (χ0) is 24.0. The Hall–Kier alpha value is -3.31. The van der Waals surface area contributed by atoms with E-state index in [0.29, 0.717) is 79.3 Å². The zero-order valence-corrected chi connectivity index (χ0v) is 20.0. The molecule has 1 aliphatic carbocycles. The van der Waals surface area contributed by atoms with Gasteiger partial charge in [-0.15, -0.1) is 0 Å². The Bertz CT molecular complexity index is 1450. The summed E-state index contributed by atoms with van der Waals surface area (Å²) in [4.78, 5) is 25.7. The molecule has 2 aromatic carbocycles. The van der Waals surface area contributed by atoms with Crippen molar-refractivity contribution in [2.24, 2.45) is 0 Å². The third kappa shape index (κ3) is 3.66. The van der Waals surface area contributed by atoms with E-state index in [1.165, 1.54) is 0 Å². The summed E-state index contributed by atoms with van der Waals surface area (Å²) >= 11 is 6.72. The predicted molar refractivity (Wildman–Crippen MR) is 131 cm³/mol. The lowest BCUT2D eigenvalue weighted by atomic mass is 9.87. The van der Waals surface area contributed by atoms with E-state index in [-0.39, 0.29) is 11.2 Å². The molecule has 4 rings (SSSR count). The summed E-state index contributed by atoms with van der Waals surface area (Å²) < 4.78 is 11.7. The third-order valence-electron chi connectivity index (χ3n) is 5.98. The number of halogens is 1. The van der Waals surface area contributed by atoms with Gasteiger partial charge in [0.25, 0.3) is 0 Å². The highest BCUT2D eigenvalue weighted by Gasteiger charge is 2.28. The van der Waals surface area contributed by atoms with Crippen LogP contribution < -0.4 is 5.43 Å². The van der Waals surface area contributed by atoms with Gasteiger partial charge in [0.1, 0.15) is 17.1 Å². The van der Waals surface area contributed by atoms with Gasteiger partial charge in [-0.1, -0.05) is 24.6 Å². The molecule has 0 radical (unpaired) electrons. The normalized spacial score (nSPS) is 11.3. The van der Waals surface area contributed by atoms with Crippen LogP contribution in [0.1, 0.15) is 46.0 Å². The first-order valence-corrected chi connectivity index (χ1v) is 11.2. The molecule has 0 bridgehead atoms. The van der Waals surface area contributed by atoms with Crippen molar-refractivity contribution in [2.45, 2.75) is 41.0 Å². The number of esters is 1. The number of benzene rings is 3. The lowest BCUT2D eigenvalue weighted by Gasteiger charge is -2.21. The first kappa shape index (κ1) is 22.9. The fourth-order valence-electron chi connectivity index (χ4n) is 4.28. The van der Waals surface area contributed by atoms with Gasteiger partial charge in [-0.05, 0) is 69.5 Å². The van der Waals surface area contributed by atoms with Gasteiger partial charge in [0.2, 0.25) is 0 Å². The fraction of sp³-hybridized carbons (Fsp3) is 0.259. The minimum absolute atomic E-state index is 0.116. The van der Waals surface area contributed by atoms with Crippen molar-refractivity contribution in [3.05, 3.63) is 73.4 Å². The molecular weight excluding hydrogens is 440 g/mol. The first-order chi connectivity index (χ1) is 15.7. The SMILES string of the molecule is CCCOC(=O)c1cccc(Cl)c1-c1c2cc(C)c(=O)c(C)c-2oc2c(C)c(O)c(C)cc12. The molecule has 6 heteroatoms. The van der Waals surface area contributed by atoms with Crippen LogP contribution in [0.15, 0.2) is 39.5 Å². The number of aryl methyl sites for hydroxylation is 3. The van der Waals surface area contributed by atoms with Crippen LogP contribution in [0.25, 0.3) is 33.4 Å². The van der Waals surface area contributed by atoms with Crippen molar-refractivity contribution in [1.29, 1.82) is 0 Å². The maximum Gasteiger partial charge on any atom is 0.338 e. The molecule has 0 saturated carbocycles. The fourth-order valence-corrected chi connectivity index (χ4v) is 4.54. The number of ether oxygens (including phenoxy) is 1. The second-order valence-corrected chi connectivity index (χ2v) is 8.75.